The van der Waals surface area contributed by atoms with Crippen LogP contribution in [0.2, 0.25) is 0 Å². The number of carbonyl (C=O) groups excluding carboxylic acids is 2. The minimum absolute atomic E-state index is 0.120. The molecule has 50 heavy (non-hydrogen) atoms. The van der Waals surface area contributed by atoms with Gasteiger partial charge in [0.2, 0.25) is 5.91 Å². The second kappa shape index (κ2) is 28.3. The molecule has 0 aliphatic rings. The first-order valence-electron chi connectivity index (χ1n) is 17.2. The molecule has 1 rings (SSSR count). The molecule has 0 bridgehead atoms. The average Bonchev–Trinajstić information content (AvgIpc) is 3.56. The molecule has 6 N–H and O–H groups in total. The van der Waals surface area contributed by atoms with Crippen molar-refractivity contribution in [1.82, 2.24) is 25.6 Å². The summed E-state index contributed by atoms with van der Waals surface area (Å²) in [5.41, 5.74) is 0.960. The largest absolute Gasteiger partial charge is 0.394 e. The smallest absolute Gasteiger partial charge is 0.252 e. The monoisotopic (exact) mass is 723 g/mol. The molecule has 1 aromatic rings. The highest BCUT2D eigenvalue weighted by Gasteiger charge is 2.33. The van der Waals surface area contributed by atoms with Crippen molar-refractivity contribution >= 4 is 11.8 Å². The maximum atomic E-state index is 13.1. The molecular formula is C32H61N5O13. The number of unbranched alkanes of at least 4 members (excludes halogenated alkanes) is 3. The Morgan fingerprint density at radius 3 is 2.28 bits per heavy atom. The summed E-state index contributed by atoms with van der Waals surface area (Å²) < 4.78 is 40.1. The van der Waals surface area contributed by atoms with Crippen LogP contribution in [0.1, 0.15) is 59.1 Å². The number of ether oxygens (including phenoxy) is 7. The van der Waals surface area contributed by atoms with Crippen molar-refractivity contribution in [3.63, 3.8) is 0 Å². The maximum absolute atomic E-state index is 13.1. The van der Waals surface area contributed by atoms with Gasteiger partial charge in [-0.3, -0.25) is 9.59 Å². The first-order valence-corrected chi connectivity index (χ1v) is 17.2. The standard InChI is InChI=1S/C32H61N5O13/c1-6-7-8-9-10-26-18-37(36-35-26)21-47-16-15-46-14-13-45-12-11-33-31(43)30(50-32(44-5)27(41)19-38)24(3)48-22-49-28(20-39)29(42)23(2)17-34-25(4)40/h18,23-24,27-30,32,38-39,41-42H,6-17,19-22H2,1-5H3,(H,33,43)(H,34,40)/t23-,24?,27?,28?,29?,30?,32?/m0/s1. The van der Waals surface area contributed by atoms with Gasteiger partial charge in [0.05, 0.1) is 70.3 Å². The van der Waals surface area contributed by atoms with Crippen molar-refractivity contribution in [3.8, 4) is 0 Å². The van der Waals surface area contributed by atoms with Crippen molar-refractivity contribution in [2.45, 2.75) is 103 Å². The number of aliphatic hydroxyl groups is 4. The first kappa shape index (κ1) is 45.7. The van der Waals surface area contributed by atoms with E-state index in [0.29, 0.717) is 26.6 Å². The molecule has 0 radical (unpaired) electrons. The molecular weight excluding hydrogens is 662 g/mol. The van der Waals surface area contributed by atoms with Gasteiger partial charge in [-0.15, -0.1) is 5.10 Å². The van der Waals surface area contributed by atoms with Crippen LogP contribution < -0.4 is 10.6 Å². The topological polar surface area (TPSA) is 234 Å². The van der Waals surface area contributed by atoms with E-state index in [4.69, 9.17) is 33.2 Å². The number of methoxy groups -OCH3 is 1. The Labute approximate surface area is 295 Å². The lowest BCUT2D eigenvalue weighted by molar-refractivity contribution is -0.237. The number of hydrogen-bond acceptors (Lipinski definition) is 15. The van der Waals surface area contributed by atoms with E-state index < -0.39 is 68.6 Å². The normalized spacial score (nSPS) is 15.9. The molecule has 0 spiro atoms. The Kier molecular flexibility index (Phi) is 25.8. The van der Waals surface area contributed by atoms with Gasteiger partial charge in [-0.25, -0.2) is 4.68 Å². The molecule has 292 valence electrons. The summed E-state index contributed by atoms with van der Waals surface area (Å²) in [5, 5.41) is 53.1. The van der Waals surface area contributed by atoms with Gasteiger partial charge in [-0.05, 0) is 19.8 Å². The number of aryl methyl sites for hydroxylation is 1. The zero-order chi connectivity index (χ0) is 37.1. The molecule has 18 nitrogen and oxygen atoms in total. The van der Waals surface area contributed by atoms with Crippen molar-refractivity contribution in [2.24, 2.45) is 5.92 Å². The minimum atomic E-state index is -1.44. The highest BCUT2D eigenvalue weighted by molar-refractivity contribution is 5.81. The van der Waals surface area contributed by atoms with Gasteiger partial charge in [0.25, 0.3) is 5.91 Å². The van der Waals surface area contributed by atoms with E-state index in [1.165, 1.54) is 40.2 Å². The van der Waals surface area contributed by atoms with Gasteiger partial charge in [0.15, 0.2) is 12.4 Å². The minimum Gasteiger partial charge on any atom is -0.394 e. The van der Waals surface area contributed by atoms with Gasteiger partial charge in [-0.2, -0.15) is 0 Å². The summed E-state index contributed by atoms with van der Waals surface area (Å²) in [6.07, 6.45) is 0.286. The summed E-state index contributed by atoms with van der Waals surface area (Å²) in [4.78, 5) is 24.2. The summed E-state index contributed by atoms with van der Waals surface area (Å²) in [5.74, 6) is -1.30. The van der Waals surface area contributed by atoms with Crippen LogP contribution in [0.15, 0.2) is 6.20 Å². The number of aromatic nitrogens is 3. The first-order chi connectivity index (χ1) is 24.1. The van der Waals surface area contributed by atoms with Crippen molar-refractivity contribution < 1.29 is 63.2 Å². The van der Waals surface area contributed by atoms with Crippen molar-refractivity contribution in [3.05, 3.63) is 11.9 Å². The van der Waals surface area contributed by atoms with Gasteiger partial charge < -0.3 is 64.2 Å². The van der Waals surface area contributed by atoms with Crippen LogP contribution in [0.5, 0.6) is 0 Å². The van der Waals surface area contributed by atoms with Crippen LogP contribution >= 0.6 is 0 Å². The molecule has 1 heterocycles. The predicted molar refractivity (Wildman–Crippen MR) is 178 cm³/mol. The molecule has 0 saturated heterocycles. The lowest BCUT2D eigenvalue weighted by Crippen LogP contribution is -2.49. The molecule has 0 aliphatic carbocycles. The number of nitrogens with one attached hydrogen (secondary N) is 2. The molecule has 0 aromatic carbocycles. The second-order valence-electron chi connectivity index (χ2n) is 11.8. The summed E-state index contributed by atoms with van der Waals surface area (Å²) >= 11 is 0. The third kappa shape index (κ3) is 19.9. The maximum Gasteiger partial charge on any atom is 0.252 e. The number of aliphatic hydroxyl groups excluding tert-OH is 4. The van der Waals surface area contributed by atoms with E-state index in [1.54, 1.807) is 11.6 Å². The van der Waals surface area contributed by atoms with Crippen LogP contribution in [-0.4, -0.2) is 157 Å². The number of carbonyl (C=O) groups is 2. The molecule has 0 saturated carbocycles. The highest BCUT2D eigenvalue weighted by Crippen LogP contribution is 2.14. The van der Waals surface area contributed by atoms with Crippen molar-refractivity contribution in [1.29, 1.82) is 0 Å². The van der Waals surface area contributed by atoms with Gasteiger partial charge in [0, 0.05) is 33.0 Å². The Hall–Kier alpha value is -2.36. The number of rotatable bonds is 32. The number of nitrogens with zero attached hydrogens (tertiary/aromatic N) is 3. The lowest BCUT2D eigenvalue weighted by Gasteiger charge is -2.30. The van der Waals surface area contributed by atoms with Crippen LogP contribution in [0.3, 0.4) is 0 Å². The van der Waals surface area contributed by atoms with E-state index in [0.717, 1.165) is 18.5 Å². The van der Waals surface area contributed by atoms with E-state index in [2.05, 4.69) is 27.9 Å². The van der Waals surface area contributed by atoms with Gasteiger partial charge in [-0.1, -0.05) is 38.3 Å². The highest BCUT2D eigenvalue weighted by atomic mass is 16.7. The average molecular weight is 724 g/mol. The van der Waals surface area contributed by atoms with E-state index in [9.17, 15) is 30.0 Å². The van der Waals surface area contributed by atoms with E-state index >= 15 is 0 Å². The quantitative estimate of drug-likeness (QED) is 0.0391. The zero-order valence-corrected chi connectivity index (χ0v) is 30.2. The molecule has 0 aliphatic heterocycles. The lowest BCUT2D eigenvalue weighted by atomic mass is 10.00. The molecule has 1 aromatic heterocycles. The zero-order valence-electron chi connectivity index (χ0n) is 30.2. The second-order valence-corrected chi connectivity index (χ2v) is 11.8. The predicted octanol–water partition coefficient (Wildman–Crippen LogP) is -0.891. The molecule has 7 atom stereocenters. The third-order valence-corrected chi connectivity index (χ3v) is 7.51. The molecule has 2 amide bonds. The number of amides is 2. The van der Waals surface area contributed by atoms with E-state index in [-0.39, 0.29) is 32.2 Å². The summed E-state index contributed by atoms with van der Waals surface area (Å²) in [7, 11) is 1.24. The van der Waals surface area contributed by atoms with Crippen LogP contribution in [-0.2, 0) is 55.9 Å². The molecule has 18 heteroatoms. The third-order valence-electron chi connectivity index (χ3n) is 7.51. The van der Waals surface area contributed by atoms with Crippen LogP contribution in [0.25, 0.3) is 0 Å². The Morgan fingerprint density at radius 2 is 1.64 bits per heavy atom. The summed E-state index contributed by atoms with van der Waals surface area (Å²) in [6.45, 7) is 7.20. The Balaban J connectivity index is 2.40. The fraction of sp³-hybridized carbons (Fsp3) is 0.875. The van der Waals surface area contributed by atoms with Crippen LogP contribution in [0.4, 0.5) is 0 Å². The molecule has 0 fully saturated rings. The Morgan fingerprint density at radius 1 is 0.940 bits per heavy atom. The Bertz CT molecular complexity index is 1010. The molecule has 6 unspecified atom stereocenters. The van der Waals surface area contributed by atoms with Gasteiger partial charge in [0.1, 0.15) is 25.7 Å². The fourth-order valence-electron chi connectivity index (χ4n) is 4.49. The summed E-state index contributed by atoms with van der Waals surface area (Å²) in [6, 6.07) is 0. The fourth-order valence-corrected chi connectivity index (χ4v) is 4.49. The van der Waals surface area contributed by atoms with Crippen molar-refractivity contribution in [2.75, 3.05) is 73.2 Å². The van der Waals surface area contributed by atoms with Crippen LogP contribution in [0, 0.1) is 5.92 Å². The number of hydrogen-bond donors (Lipinski definition) is 6. The van der Waals surface area contributed by atoms with E-state index in [1.807, 2.05) is 6.20 Å². The SMILES string of the molecule is CCCCCCc1cn(COCCOCCOCCNC(=O)C(OC(OC)C(O)CO)C(C)OCOC(CO)C(O)[C@@H](C)CNC(C)=O)nn1. The van der Waals surface area contributed by atoms with Gasteiger partial charge >= 0.3 is 0 Å².